The van der Waals surface area contributed by atoms with Crippen LogP contribution in [-0.4, -0.2) is 36.5 Å². The molecule has 0 aromatic heterocycles. The largest absolute Gasteiger partial charge is 0.427 e. The molecule has 0 aliphatic carbocycles. The van der Waals surface area contributed by atoms with Crippen LogP contribution < -0.4 is 10.6 Å². The molecule has 19 heavy (non-hydrogen) atoms. The van der Waals surface area contributed by atoms with Gasteiger partial charge in [0.05, 0.1) is 0 Å². The van der Waals surface area contributed by atoms with Crippen molar-refractivity contribution in [1.29, 1.82) is 0 Å². The van der Waals surface area contributed by atoms with Gasteiger partial charge in [0.1, 0.15) is 0 Å². The Hall–Kier alpha value is -0.943. The third kappa shape index (κ3) is 7.95. The van der Waals surface area contributed by atoms with E-state index in [0.717, 1.165) is 26.2 Å². The van der Waals surface area contributed by atoms with Gasteiger partial charge in [-0.25, -0.2) is 0 Å². The Morgan fingerprint density at radius 1 is 1.16 bits per heavy atom. The first-order chi connectivity index (χ1) is 9.36. The zero-order valence-electron chi connectivity index (χ0n) is 12.0. The Balaban J connectivity index is 1.96. The van der Waals surface area contributed by atoms with Gasteiger partial charge in [-0.05, 0) is 30.1 Å². The molecule has 0 radical (unpaired) electrons. The third-order valence-electron chi connectivity index (χ3n) is 2.98. The van der Waals surface area contributed by atoms with Gasteiger partial charge < -0.3 is 15.1 Å². The van der Waals surface area contributed by atoms with E-state index in [1.54, 1.807) is 0 Å². The molecule has 2 N–H and O–H groups in total. The fourth-order valence-corrected chi connectivity index (χ4v) is 2.55. The van der Waals surface area contributed by atoms with E-state index in [1.807, 2.05) is 13.2 Å². The highest BCUT2D eigenvalue weighted by molar-refractivity contribution is 6.26. The maximum Gasteiger partial charge on any atom is 0.161 e. The van der Waals surface area contributed by atoms with Crippen molar-refractivity contribution in [3.8, 4) is 0 Å². The highest BCUT2D eigenvalue weighted by Gasteiger charge is 1.93. The fraction of sp³-hybridized carbons (Fsp3) is 0.467. The van der Waals surface area contributed by atoms with Crippen molar-refractivity contribution in [1.82, 2.24) is 10.6 Å². The zero-order valence-corrected chi connectivity index (χ0v) is 13.4. The van der Waals surface area contributed by atoms with Gasteiger partial charge in [-0.2, -0.15) is 0 Å². The molecule has 0 saturated carbocycles. The smallest absolute Gasteiger partial charge is 0.161 e. The van der Waals surface area contributed by atoms with Gasteiger partial charge in [-0.3, -0.25) is 0 Å². The van der Waals surface area contributed by atoms with Crippen LogP contribution in [0.1, 0.15) is 17.5 Å². The highest BCUT2D eigenvalue weighted by atomic mass is 28.2. The standard InChI is InChI=1S/C15H26N2OSi/c1-3-14-5-7-15(8-6-14)13-17-11-10-16-9-4-12-19-18-2/h3,5-8,16-17H,1,4,9-13,19H2,2H3. The van der Waals surface area contributed by atoms with Gasteiger partial charge in [0.25, 0.3) is 0 Å². The average Bonchev–Trinajstić information content (AvgIpc) is 2.46. The third-order valence-corrected chi connectivity index (χ3v) is 4.17. The van der Waals surface area contributed by atoms with Crippen molar-refractivity contribution in [3.05, 3.63) is 42.0 Å². The molecular weight excluding hydrogens is 252 g/mol. The van der Waals surface area contributed by atoms with Crippen LogP contribution in [0, 0.1) is 0 Å². The molecule has 0 fully saturated rings. The Morgan fingerprint density at radius 2 is 1.89 bits per heavy atom. The summed E-state index contributed by atoms with van der Waals surface area (Å²) in [6.07, 6.45) is 3.11. The lowest BCUT2D eigenvalue weighted by molar-refractivity contribution is 0.439. The molecule has 4 heteroatoms. The molecule has 0 spiro atoms. The summed E-state index contributed by atoms with van der Waals surface area (Å²) in [6, 6.07) is 9.76. The Kier molecular flexibility index (Phi) is 9.27. The lowest BCUT2D eigenvalue weighted by atomic mass is 10.1. The molecule has 0 aliphatic rings. The quantitative estimate of drug-likeness (QED) is 0.476. The SMILES string of the molecule is C=Cc1ccc(CNCCNCCC[SiH2]OC)cc1. The highest BCUT2D eigenvalue weighted by Crippen LogP contribution is 2.04. The second-order valence-electron chi connectivity index (χ2n) is 4.57. The topological polar surface area (TPSA) is 33.3 Å². The minimum atomic E-state index is -0.225. The van der Waals surface area contributed by atoms with Crippen molar-refractivity contribution in [2.75, 3.05) is 26.7 Å². The summed E-state index contributed by atoms with van der Waals surface area (Å²) in [6.45, 7) is 7.82. The zero-order chi connectivity index (χ0) is 13.8. The molecule has 0 unspecified atom stereocenters. The Bertz CT molecular complexity index is 341. The van der Waals surface area contributed by atoms with Crippen molar-refractivity contribution >= 4 is 15.8 Å². The van der Waals surface area contributed by atoms with E-state index in [0.29, 0.717) is 0 Å². The van der Waals surface area contributed by atoms with Gasteiger partial charge in [0, 0.05) is 26.7 Å². The Morgan fingerprint density at radius 3 is 2.58 bits per heavy atom. The second kappa shape index (κ2) is 10.9. The average molecular weight is 278 g/mol. The molecule has 0 saturated heterocycles. The monoisotopic (exact) mass is 278 g/mol. The molecule has 1 aromatic carbocycles. The number of hydrogen-bond donors (Lipinski definition) is 2. The summed E-state index contributed by atoms with van der Waals surface area (Å²) in [5, 5.41) is 6.88. The van der Waals surface area contributed by atoms with E-state index in [1.165, 1.54) is 23.6 Å². The predicted molar refractivity (Wildman–Crippen MR) is 86.1 cm³/mol. The molecule has 0 amide bonds. The van der Waals surface area contributed by atoms with E-state index in [4.69, 9.17) is 4.43 Å². The summed E-state index contributed by atoms with van der Waals surface area (Å²) in [4.78, 5) is 0. The molecule has 0 aliphatic heterocycles. The first-order valence-corrected chi connectivity index (χ1v) is 8.56. The van der Waals surface area contributed by atoms with Crippen LogP contribution in [0.5, 0.6) is 0 Å². The maximum absolute atomic E-state index is 5.15. The van der Waals surface area contributed by atoms with Crippen molar-refractivity contribution in [2.24, 2.45) is 0 Å². The molecular formula is C15H26N2OSi. The van der Waals surface area contributed by atoms with Crippen LogP contribution in [0.15, 0.2) is 30.8 Å². The summed E-state index contributed by atoms with van der Waals surface area (Å²) >= 11 is 0. The molecule has 3 nitrogen and oxygen atoms in total. The van der Waals surface area contributed by atoms with Crippen LogP contribution in [0.4, 0.5) is 0 Å². The lowest BCUT2D eigenvalue weighted by Gasteiger charge is -2.07. The molecule has 0 atom stereocenters. The van der Waals surface area contributed by atoms with E-state index in [2.05, 4.69) is 41.5 Å². The van der Waals surface area contributed by atoms with Gasteiger partial charge in [-0.1, -0.05) is 36.9 Å². The normalized spacial score (nSPS) is 11.2. The summed E-state index contributed by atoms with van der Waals surface area (Å²) in [5.41, 5.74) is 2.49. The molecule has 0 heterocycles. The van der Waals surface area contributed by atoms with Crippen LogP contribution in [0.2, 0.25) is 6.04 Å². The van der Waals surface area contributed by atoms with E-state index >= 15 is 0 Å². The minimum absolute atomic E-state index is 0.225. The van der Waals surface area contributed by atoms with Crippen LogP contribution in [0.3, 0.4) is 0 Å². The minimum Gasteiger partial charge on any atom is -0.427 e. The molecule has 1 aromatic rings. The Labute approximate surface area is 119 Å². The number of rotatable bonds is 11. The van der Waals surface area contributed by atoms with E-state index in [9.17, 15) is 0 Å². The fourth-order valence-electron chi connectivity index (χ4n) is 1.80. The summed E-state index contributed by atoms with van der Waals surface area (Å²) in [5.74, 6) is 0. The maximum atomic E-state index is 5.15. The summed E-state index contributed by atoms with van der Waals surface area (Å²) in [7, 11) is 1.59. The van der Waals surface area contributed by atoms with Gasteiger partial charge >= 0.3 is 0 Å². The number of nitrogens with one attached hydrogen (secondary N) is 2. The van der Waals surface area contributed by atoms with Crippen LogP contribution in [0.25, 0.3) is 6.08 Å². The van der Waals surface area contributed by atoms with Crippen LogP contribution >= 0.6 is 0 Å². The first kappa shape index (κ1) is 16.1. The molecule has 0 bridgehead atoms. The van der Waals surface area contributed by atoms with Crippen molar-refractivity contribution in [3.63, 3.8) is 0 Å². The van der Waals surface area contributed by atoms with Gasteiger partial charge in [-0.15, -0.1) is 0 Å². The van der Waals surface area contributed by atoms with E-state index < -0.39 is 0 Å². The van der Waals surface area contributed by atoms with Gasteiger partial charge in [0.15, 0.2) is 9.76 Å². The lowest BCUT2D eigenvalue weighted by Crippen LogP contribution is -2.27. The van der Waals surface area contributed by atoms with E-state index in [-0.39, 0.29) is 9.76 Å². The summed E-state index contributed by atoms with van der Waals surface area (Å²) < 4.78 is 5.15. The van der Waals surface area contributed by atoms with Gasteiger partial charge in [0.2, 0.25) is 0 Å². The van der Waals surface area contributed by atoms with Crippen molar-refractivity contribution < 1.29 is 4.43 Å². The van der Waals surface area contributed by atoms with Crippen LogP contribution in [-0.2, 0) is 11.0 Å². The predicted octanol–water partition coefficient (Wildman–Crippen LogP) is 1.55. The molecule has 106 valence electrons. The second-order valence-corrected chi connectivity index (χ2v) is 6.27. The van der Waals surface area contributed by atoms with Crippen molar-refractivity contribution in [2.45, 2.75) is 19.0 Å². The number of benzene rings is 1. The number of hydrogen-bond acceptors (Lipinski definition) is 3. The first-order valence-electron chi connectivity index (χ1n) is 6.98. The molecule has 1 rings (SSSR count).